The van der Waals surface area contributed by atoms with Gasteiger partial charge in [0.25, 0.3) is 0 Å². The zero-order chi connectivity index (χ0) is 13.6. The van der Waals surface area contributed by atoms with Crippen molar-refractivity contribution >= 4 is 10.0 Å². The number of aromatic nitrogens is 2. The molecule has 19 heavy (non-hydrogen) atoms. The molecule has 2 fully saturated rings. The van der Waals surface area contributed by atoms with Crippen molar-refractivity contribution in [2.45, 2.75) is 43.5 Å². The van der Waals surface area contributed by atoms with E-state index in [1.807, 2.05) is 6.92 Å². The highest BCUT2D eigenvalue weighted by Crippen LogP contribution is 2.49. The third kappa shape index (κ3) is 2.43. The van der Waals surface area contributed by atoms with Gasteiger partial charge in [-0.1, -0.05) is 6.42 Å². The summed E-state index contributed by atoms with van der Waals surface area (Å²) in [7, 11) is -1.71. The van der Waals surface area contributed by atoms with Gasteiger partial charge in [-0.2, -0.15) is 5.10 Å². The standard InChI is InChI=1S/C13H21N3O2S/c1-9(13-6-10-3-4-11(13)5-10)15-19(17,18)12-7-14-16(2)8-12/h7-11,13,15H,3-6H2,1-2H3/t9-,10+,11+,13-/m1/s1. The van der Waals surface area contributed by atoms with Crippen molar-refractivity contribution in [2.75, 3.05) is 0 Å². The first-order valence-corrected chi connectivity index (χ1v) is 8.45. The van der Waals surface area contributed by atoms with Gasteiger partial charge in [-0.3, -0.25) is 4.68 Å². The number of hydrogen-bond donors (Lipinski definition) is 1. The van der Waals surface area contributed by atoms with Crippen LogP contribution in [0.4, 0.5) is 0 Å². The summed E-state index contributed by atoms with van der Waals surface area (Å²) < 4.78 is 28.9. The summed E-state index contributed by atoms with van der Waals surface area (Å²) >= 11 is 0. The predicted molar refractivity (Wildman–Crippen MR) is 71.9 cm³/mol. The van der Waals surface area contributed by atoms with E-state index in [4.69, 9.17) is 0 Å². The van der Waals surface area contributed by atoms with Crippen LogP contribution >= 0.6 is 0 Å². The second-order valence-corrected chi connectivity index (χ2v) is 7.81. The number of sulfonamides is 1. The van der Waals surface area contributed by atoms with E-state index < -0.39 is 10.0 Å². The van der Waals surface area contributed by atoms with Gasteiger partial charge in [-0.05, 0) is 43.9 Å². The van der Waals surface area contributed by atoms with Gasteiger partial charge in [-0.25, -0.2) is 13.1 Å². The Morgan fingerprint density at radius 3 is 2.74 bits per heavy atom. The zero-order valence-electron chi connectivity index (χ0n) is 11.4. The SMILES string of the molecule is C[C@@H](NS(=O)(=O)c1cnn(C)c1)[C@H]1C[C@H]2CC[C@H]1C2. The summed E-state index contributed by atoms with van der Waals surface area (Å²) in [4.78, 5) is 0.255. The molecule has 6 heteroatoms. The second kappa shape index (κ2) is 4.59. The third-order valence-electron chi connectivity index (χ3n) is 4.77. The van der Waals surface area contributed by atoms with Gasteiger partial charge in [0.2, 0.25) is 10.0 Å². The Hall–Kier alpha value is -0.880. The van der Waals surface area contributed by atoms with Gasteiger partial charge in [0.05, 0.1) is 6.20 Å². The molecule has 1 N–H and O–H groups in total. The quantitative estimate of drug-likeness (QED) is 0.911. The Morgan fingerprint density at radius 1 is 1.42 bits per heavy atom. The van der Waals surface area contributed by atoms with Crippen LogP contribution in [0.15, 0.2) is 17.3 Å². The molecule has 0 aromatic carbocycles. The van der Waals surface area contributed by atoms with Crippen LogP contribution in [0.25, 0.3) is 0 Å². The van der Waals surface area contributed by atoms with E-state index in [2.05, 4.69) is 9.82 Å². The zero-order valence-corrected chi connectivity index (χ0v) is 12.2. The summed E-state index contributed by atoms with van der Waals surface area (Å²) in [6.45, 7) is 2.00. The van der Waals surface area contributed by atoms with E-state index >= 15 is 0 Å². The lowest BCUT2D eigenvalue weighted by molar-refractivity contribution is 0.280. The van der Waals surface area contributed by atoms with E-state index in [-0.39, 0.29) is 10.9 Å². The highest BCUT2D eigenvalue weighted by Gasteiger charge is 2.42. The van der Waals surface area contributed by atoms with Gasteiger partial charge in [0, 0.05) is 19.3 Å². The Balaban J connectivity index is 1.71. The van der Waals surface area contributed by atoms with Crippen molar-refractivity contribution < 1.29 is 8.42 Å². The lowest BCUT2D eigenvalue weighted by atomic mass is 9.84. The molecule has 1 aromatic rings. The Labute approximate surface area is 114 Å². The minimum Gasteiger partial charge on any atom is -0.274 e. The minimum absolute atomic E-state index is 0.0144. The van der Waals surface area contributed by atoms with Crippen LogP contribution < -0.4 is 4.72 Å². The van der Waals surface area contributed by atoms with Crippen LogP contribution in [0.5, 0.6) is 0 Å². The molecule has 2 saturated carbocycles. The van der Waals surface area contributed by atoms with Crippen molar-refractivity contribution in [1.29, 1.82) is 0 Å². The summed E-state index contributed by atoms with van der Waals surface area (Å²) in [5, 5.41) is 3.92. The largest absolute Gasteiger partial charge is 0.274 e. The molecule has 0 spiro atoms. The van der Waals surface area contributed by atoms with Crippen LogP contribution in [-0.2, 0) is 17.1 Å². The highest BCUT2D eigenvalue weighted by molar-refractivity contribution is 7.89. The fraction of sp³-hybridized carbons (Fsp3) is 0.769. The van der Waals surface area contributed by atoms with Gasteiger partial charge < -0.3 is 0 Å². The first-order valence-electron chi connectivity index (χ1n) is 6.96. The Kier molecular flexibility index (Phi) is 3.17. The van der Waals surface area contributed by atoms with E-state index in [9.17, 15) is 8.42 Å². The van der Waals surface area contributed by atoms with E-state index in [0.29, 0.717) is 5.92 Å². The topological polar surface area (TPSA) is 64.0 Å². The van der Waals surface area contributed by atoms with Gasteiger partial charge in [-0.15, -0.1) is 0 Å². The number of hydrogen-bond acceptors (Lipinski definition) is 3. The van der Waals surface area contributed by atoms with Crippen molar-refractivity contribution in [3.05, 3.63) is 12.4 Å². The third-order valence-corrected chi connectivity index (χ3v) is 6.28. The number of rotatable bonds is 4. The maximum Gasteiger partial charge on any atom is 0.243 e. The normalized spacial score (nSPS) is 31.8. The highest BCUT2D eigenvalue weighted by atomic mass is 32.2. The predicted octanol–water partition coefficient (Wildman–Crippen LogP) is 1.52. The smallest absolute Gasteiger partial charge is 0.243 e. The molecule has 0 amide bonds. The van der Waals surface area contributed by atoms with Crippen molar-refractivity contribution in [2.24, 2.45) is 24.8 Å². The van der Waals surface area contributed by atoms with Crippen molar-refractivity contribution in [3.63, 3.8) is 0 Å². The molecule has 0 radical (unpaired) electrons. The summed E-state index contributed by atoms with van der Waals surface area (Å²) in [6, 6.07) is 0.0144. The Morgan fingerprint density at radius 2 is 2.21 bits per heavy atom. The minimum atomic E-state index is -3.43. The van der Waals surface area contributed by atoms with Crippen molar-refractivity contribution in [3.8, 4) is 0 Å². The fourth-order valence-corrected chi connectivity index (χ4v) is 5.12. The summed E-state index contributed by atoms with van der Waals surface area (Å²) in [6.07, 6.45) is 8.02. The van der Waals surface area contributed by atoms with E-state index in [1.165, 1.54) is 42.8 Å². The van der Waals surface area contributed by atoms with E-state index in [1.54, 1.807) is 7.05 Å². The van der Waals surface area contributed by atoms with Crippen molar-refractivity contribution in [1.82, 2.24) is 14.5 Å². The number of nitrogens with zero attached hydrogens (tertiary/aromatic N) is 2. The van der Waals surface area contributed by atoms with Crippen LogP contribution in [0.3, 0.4) is 0 Å². The molecule has 0 unspecified atom stereocenters. The molecule has 1 heterocycles. The monoisotopic (exact) mass is 283 g/mol. The van der Waals surface area contributed by atoms with Crippen LogP contribution in [0, 0.1) is 17.8 Å². The molecular weight excluding hydrogens is 262 g/mol. The molecule has 4 atom stereocenters. The number of nitrogens with one attached hydrogen (secondary N) is 1. The molecule has 1 aromatic heterocycles. The average molecular weight is 283 g/mol. The number of aryl methyl sites for hydroxylation is 1. The average Bonchev–Trinajstić information content (AvgIpc) is 3.02. The maximum absolute atomic E-state index is 12.3. The first kappa shape index (κ1) is 13.1. The molecule has 2 aliphatic rings. The molecule has 5 nitrogen and oxygen atoms in total. The van der Waals surface area contributed by atoms with Gasteiger partial charge in [0.1, 0.15) is 4.90 Å². The molecule has 2 bridgehead atoms. The lowest BCUT2D eigenvalue weighted by Gasteiger charge is -2.28. The molecule has 0 saturated heterocycles. The molecule has 2 aliphatic carbocycles. The lowest BCUT2D eigenvalue weighted by Crippen LogP contribution is -2.39. The summed E-state index contributed by atoms with van der Waals surface area (Å²) in [5.74, 6) is 2.06. The molecular formula is C13H21N3O2S. The Bertz CT molecular complexity index is 566. The second-order valence-electron chi connectivity index (χ2n) is 6.10. The summed E-state index contributed by atoms with van der Waals surface area (Å²) in [5.41, 5.74) is 0. The van der Waals surface area contributed by atoms with E-state index in [0.717, 1.165) is 11.8 Å². The molecule has 106 valence electrons. The fourth-order valence-electron chi connectivity index (χ4n) is 3.84. The number of fused-ring (bicyclic) bond motifs is 2. The molecule has 3 rings (SSSR count). The molecule has 0 aliphatic heterocycles. The first-order chi connectivity index (χ1) is 8.95. The van der Waals surface area contributed by atoms with Crippen LogP contribution in [-0.4, -0.2) is 24.2 Å². The van der Waals surface area contributed by atoms with Crippen LogP contribution in [0.2, 0.25) is 0 Å². The maximum atomic E-state index is 12.3. The van der Waals surface area contributed by atoms with Gasteiger partial charge in [0.15, 0.2) is 0 Å². The van der Waals surface area contributed by atoms with Crippen LogP contribution in [0.1, 0.15) is 32.6 Å². The van der Waals surface area contributed by atoms with Gasteiger partial charge >= 0.3 is 0 Å².